The van der Waals surface area contributed by atoms with Gasteiger partial charge in [-0.25, -0.2) is 8.42 Å². The lowest BCUT2D eigenvalue weighted by Gasteiger charge is -2.26. The minimum absolute atomic E-state index is 0.0486. The van der Waals surface area contributed by atoms with Crippen LogP contribution in [0.15, 0.2) is 28.0 Å². The summed E-state index contributed by atoms with van der Waals surface area (Å²) in [4.78, 5) is 15.7. The maximum absolute atomic E-state index is 12.9. The number of carbonyl (C=O) groups is 1. The fraction of sp³-hybridized carbons (Fsp3) is 0.588. The summed E-state index contributed by atoms with van der Waals surface area (Å²) in [5.41, 5.74) is 0.516. The average molecular weight is 369 g/mol. The van der Waals surface area contributed by atoms with Crippen LogP contribution >= 0.6 is 11.8 Å². The molecule has 3 rings (SSSR count). The van der Waals surface area contributed by atoms with E-state index in [-0.39, 0.29) is 10.8 Å². The van der Waals surface area contributed by atoms with Crippen LogP contribution in [0.4, 0.5) is 0 Å². The molecule has 2 heterocycles. The van der Waals surface area contributed by atoms with Gasteiger partial charge in [0.1, 0.15) is 0 Å². The molecule has 7 heteroatoms. The van der Waals surface area contributed by atoms with Gasteiger partial charge in [0.05, 0.1) is 10.5 Å². The topological polar surface area (TPSA) is 57.7 Å². The largest absolute Gasteiger partial charge is 0.339 e. The van der Waals surface area contributed by atoms with Crippen molar-refractivity contribution in [3.8, 4) is 0 Å². The zero-order valence-electron chi connectivity index (χ0n) is 14.0. The third-order valence-electron chi connectivity index (χ3n) is 4.75. The van der Waals surface area contributed by atoms with Crippen molar-refractivity contribution in [2.75, 3.05) is 32.4 Å². The average Bonchev–Trinajstić information content (AvgIpc) is 3.16. The Balaban J connectivity index is 1.94. The van der Waals surface area contributed by atoms with Crippen LogP contribution in [-0.2, 0) is 10.0 Å². The van der Waals surface area contributed by atoms with Gasteiger partial charge in [0.25, 0.3) is 5.91 Å². The molecule has 1 amide bonds. The Morgan fingerprint density at radius 2 is 1.62 bits per heavy atom. The fourth-order valence-corrected chi connectivity index (χ4v) is 5.47. The lowest BCUT2D eigenvalue weighted by Crippen LogP contribution is -2.36. The number of sulfonamides is 1. The van der Waals surface area contributed by atoms with Gasteiger partial charge in [0.2, 0.25) is 10.0 Å². The molecule has 0 aliphatic carbocycles. The van der Waals surface area contributed by atoms with Crippen molar-refractivity contribution in [3.63, 3.8) is 0 Å². The van der Waals surface area contributed by atoms with Crippen LogP contribution in [0.3, 0.4) is 0 Å². The van der Waals surface area contributed by atoms with E-state index in [1.807, 2.05) is 11.2 Å². The van der Waals surface area contributed by atoms with Crippen LogP contribution in [0, 0.1) is 0 Å². The van der Waals surface area contributed by atoms with E-state index >= 15 is 0 Å². The molecule has 24 heavy (non-hydrogen) atoms. The van der Waals surface area contributed by atoms with Crippen molar-refractivity contribution in [1.29, 1.82) is 0 Å². The first-order valence-corrected chi connectivity index (χ1v) is 11.2. The Bertz CT molecular complexity index is 707. The molecule has 2 aliphatic heterocycles. The number of nitrogens with zero attached hydrogens (tertiary/aromatic N) is 2. The predicted octanol–water partition coefficient (Wildman–Crippen LogP) is 2.82. The standard InChI is InChI=1S/C17H24N2O3S2/c1-23-16-8-7-14(24(21,22)19-11-3-2-4-12-19)13-15(16)17(20)18-9-5-6-10-18/h7-8,13H,2-6,9-12H2,1H3. The van der Waals surface area contributed by atoms with Crippen molar-refractivity contribution >= 4 is 27.7 Å². The van der Waals surface area contributed by atoms with Gasteiger partial charge in [-0.3, -0.25) is 4.79 Å². The molecule has 1 aromatic carbocycles. The van der Waals surface area contributed by atoms with E-state index < -0.39 is 10.0 Å². The number of thioether (sulfide) groups is 1. The molecule has 0 atom stereocenters. The summed E-state index contributed by atoms with van der Waals surface area (Å²) in [6.07, 6.45) is 6.84. The number of hydrogen-bond acceptors (Lipinski definition) is 4. The first-order chi connectivity index (χ1) is 11.5. The highest BCUT2D eigenvalue weighted by Gasteiger charge is 2.28. The van der Waals surface area contributed by atoms with Crippen LogP contribution in [0.5, 0.6) is 0 Å². The fourth-order valence-electron chi connectivity index (χ4n) is 3.36. The van der Waals surface area contributed by atoms with Gasteiger partial charge in [-0.05, 0) is 50.1 Å². The Morgan fingerprint density at radius 1 is 1.00 bits per heavy atom. The molecule has 0 spiro atoms. The zero-order valence-corrected chi connectivity index (χ0v) is 15.7. The molecule has 0 aromatic heterocycles. The predicted molar refractivity (Wildman–Crippen MR) is 96.0 cm³/mol. The summed E-state index contributed by atoms with van der Waals surface area (Å²) in [7, 11) is -3.51. The maximum Gasteiger partial charge on any atom is 0.255 e. The van der Waals surface area contributed by atoms with E-state index in [1.54, 1.807) is 22.5 Å². The number of likely N-dealkylation sites (tertiary alicyclic amines) is 1. The molecule has 0 N–H and O–H groups in total. The maximum atomic E-state index is 12.9. The lowest BCUT2D eigenvalue weighted by atomic mass is 10.2. The van der Waals surface area contributed by atoms with Gasteiger partial charge < -0.3 is 4.90 Å². The van der Waals surface area contributed by atoms with Crippen LogP contribution in [0.1, 0.15) is 42.5 Å². The Hall–Kier alpha value is -1.05. The third kappa shape index (κ3) is 3.48. The molecule has 0 radical (unpaired) electrons. The van der Waals surface area contributed by atoms with Gasteiger partial charge in [-0.1, -0.05) is 6.42 Å². The highest BCUT2D eigenvalue weighted by molar-refractivity contribution is 7.98. The third-order valence-corrected chi connectivity index (χ3v) is 7.44. The summed E-state index contributed by atoms with van der Waals surface area (Å²) in [5, 5.41) is 0. The van der Waals surface area contributed by atoms with Gasteiger partial charge in [-0.15, -0.1) is 11.8 Å². The van der Waals surface area contributed by atoms with Crippen molar-refractivity contribution in [2.24, 2.45) is 0 Å². The van der Waals surface area contributed by atoms with Gasteiger partial charge in [0, 0.05) is 31.1 Å². The molecule has 5 nitrogen and oxygen atoms in total. The SMILES string of the molecule is CSc1ccc(S(=O)(=O)N2CCCCC2)cc1C(=O)N1CCCC1. The first kappa shape index (κ1) is 17.8. The highest BCUT2D eigenvalue weighted by Crippen LogP contribution is 2.28. The molecule has 2 fully saturated rings. The summed E-state index contributed by atoms with van der Waals surface area (Å²) in [6, 6.07) is 4.98. The number of rotatable bonds is 4. The Morgan fingerprint density at radius 3 is 2.25 bits per heavy atom. The van der Waals surface area contributed by atoms with E-state index in [0.717, 1.165) is 50.1 Å². The number of hydrogen-bond donors (Lipinski definition) is 0. The summed E-state index contributed by atoms with van der Waals surface area (Å²) < 4.78 is 27.3. The molecule has 1 aromatic rings. The van der Waals surface area contributed by atoms with Crippen molar-refractivity contribution < 1.29 is 13.2 Å². The molecule has 2 aliphatic rings. The molecule has 0 saturated carbocycles. The smallest absolute Gasteiger partial charge is 0.255 e. The molecule has 2 saturated heterocycles. The van der Waals surface area contributed by atoms with E-state index in [1.165, 1.54) is 11.8 Å². The molecule has 0 bridgehead atoms. The summed E-state index contributed by atoms with van der Waals surface area (Å²) in [5.74, 6) is -0.0486. The molecule has 0 unspecified atom stereocenters. The summed E-state index contributed by atoms with van der Waals surface area (Å²) >= 11 is 1.48. The monoisotopic (exact) mass is 368 g/mol. The van der Waals surface area contributed by atoms with Crippen molar-refractivity contribution in [1.82, 2.24) is 9.21 Å². The zero-order chi connectivity index (χ0) is 17.2. The first-order valence-electron chi connectivity index (χ1n) is 8.51. The minimum Gasteiger partial charge on any atom is -0.339 e. The number of carbonyl (C=O) groups excluding carboxylic acids is 1. The second kappa shape index (κ2) is 7.45. The van der Waals surface area contributed by atoms with Crippen LogP contribution in [0.25, 0.3) is 0 Å². The second-order valence-corrected chi connectivity index (χ2v) is 9.11. The molecular weight excluding hydrogens is 344 g/mol. The molecule has 132 valence electrons. The second-order valence-electron chi connectivity index (χ2n) is 6.33. The quantitative estimate of drug-likeness (QED) is 0.767. The Kier molecular flexibility index (Phi) is 5.52. The molecular formula is C17H24N2O3S2. The minimum atomic E-state index is -3.51. The van der Waals surface area contributed by atoms with Gasteiger partial charge in [0.15, 0.2) is 0 Å². The van der Waals surface area contributed by atoms with E-state index in [9.17, 15) is 13.2 Å². The van der Waals surface area contributed by atoms with Gasteiger partial charge in [-0.2, -0.15) is 4.31 Å². The van der Waals surface area contributed by atoms with Gasteiger partial charge >= 0.3 is 0 Å². The van der Waals surface area contributed by atoms with E-state index in [4.69, 9.17) is 0 Å². The van der Waals surface area contributed by atoms with Crippen LogP contribution in [-0.4, -0.2) is 56.0 Å². The van der Waals surface area contributed by atoms with Crippen molar-refractivity contribution in [2.45, 2.75) is 41.9 Å². The number of amides is 1. The Labute approximate surface area is 148 Å². The van der Waals surface area contributed by atoms with Crippen molar-refractivity contribution in [3.05, 3.63) is 23.8 Å². The highest BCUT2D eigenvalue weighted by atomic mass is 32.2. The normalized spacial score (nSPS) is 19.6. The number of benzene rings is 1. The van der Waals surface area contributed by atoms with E-state index in [2.05, 4.69) is 0 Å². The lowest BCUT2D eigenvalue weighted by molar-refractivity contribution is 0.0789. The van der Waals surface area contributed by atoms with Crippen LogP contribution < -0.4 is 0 Å². The summed E-state index contributed by atoms with van der Waals surface area (Å²) in [6.45, 7) is 2.66. The van der Waals surface area contributed by atoms with Crippen LogP contribution in [0.2, 0.25) is 0 Å². The number of piperidine rings is 1. The van der Waals surface area contributed by atoms with E-state index in [0.29, 0.717) is 18.7 Å².